The number of hydrogen-bond acceptors (Lipinski definition) is 3. The summed E-state index contributed by atoms with van der Waals surface area (Å²) in [6.45, 7) is 4.08. The van der Waals surface area contributed by atoms with E-state index in [1.165, 1.54) is 0 Å². The number of carboxylic acid groups (broad SMARTS) is 1. The van der Waals surface area contributed by atoms with Gasteiger partial charge in [0.25, 0.3) is 0 Å². The maximum atomic E-state index is 10.9. The van der Waals surface area contributed by atoms with Crippen LogP contribution in [0.5, 0.6) is 11.5 Å². The fourth-order valence-electron chi connectivity index (χ4n) is 1.66. The molecule has 0 saturated heterocycles. The van der Waals surface area contributed by atoms with Crippen molar-refractivity contribution in [3.05, 3.63) is 24.3 Å². The largest absolute Gasteiger partial charge is 0.497 e. The van der Waals surface area contributed by atoms with E-state index in [0.29, 0.717) is 13.0 Å². The molecule has 1 rings (SSSR count). The summed E-state index contributed by atoms with van der Waals surface area (Å²) >= 11 is 0. The normalized spacial score (nSPS) is 11.1. The number of ether oxygens (including phenoxy) is 2. The van der Waals surface area contributed by atoms with Crippen LogP contribution in [-0.2, 0) is 4.79 Å². The zero-order chi connectivity index (χ0) is 14.3. The van der Waals surface area contributed by atoms with Crippen LogP contribution < -0.4 is 9.47 Å². The van der Waals surface area contributed by atoms with Crippen molar-refractivity contribution < 1.29 is 19.4 Å². The van der Waals surface area contributed by atoms with Gasteiger partial charge in [0.15, 0.2) is 0 Å². The van der Waals surface area contributed by atoms with Gasteiger partial charge in [-0.05, 0) is 45.2 Å². The zero-order valence-electron chi connectivity index (χ0n) is 11.8. The van der Waals surface area contributed by atoms with E-state index in [2.05, 4.69) is 0 Å². The molecule has 0 atom stereocenters. The molecule has 0 aromatic heterocycles. The van der Waals surface area contributed by atoms with Crippen LogP contribution >= 0.6 is 0 Å². The molecule has 1 N–H and O–H groups in total. The van der Waals surface area contributed by atoms with Gasteiger partial charge in [-0.25, -0.2) is 0 Å². The number of carboxylic acids is 1. The van der Waals surface area contributed by atoms with Crippen molar-refractivity contribution >= 4 is 5.97 Å². The number of aliphatic carboxylic acids is 1. The maximum Gasteiger partial charge on any atom is 0.309 e. The Morgan fingerprint density at radius 1 is 1.26 bits per heavy atom. The highest BCUT2D eigenvalue weighted by Gasteiger charge is 2.25. The van der Waals surface area contributed by atoms with Crippen LogP contribution in [0.1, 0.15) is 33.1 Å². The van der Waals surface area contributed by atoms with E-state index in [9.17, 15) is 4.79 Å². The lowest BCUT2D eigenvalue weighted by atomic mass is 9.87. The minimum Gasteiger partial charge on any atom is -0.497 e. The van der Waals surface area contributed by atoms with Crippen molar-refractivity contribution in [1.29, 1.82) is 0 Å². The quantitative estimate of drug-likeness (QED) is 0.733. The molecule has 0 heterocycles. The van der Waals surface area contributed by atoms with Crippen molar-refractivity contribution in [3.63, 3.8) is 0 Å². The molecule has 106 valence electrons. The van der Waals surface area contributed by atoms with Gasteiger partial charge in [-0.1, -0.05) is 6.07 Å². The minimum atomic E-state index is -0.749. The van der Waals surface area contributed by atoms with Crippen molar-refractivity contribution in [3.8, 4) is 11.5 Å². The molecule has 0 fully saturated rings. The monoisotopic (exact) mass is 266 g/mol. The average Bonchev–Trinajstić information content (AvgIpc) is 2.38. The van der Waals surface area contributed by atoms with Gasteiger partial charge >= 0.3 is 5.97 Å². The number of methoxy groups -OCH3 is 1. The van der Waals surface area contributed by atoms with Crippen LogP contribution in [0.25, 0.3) is 0 Å². The summed E-state index contributed by atoms with van der Waals surface area (Å²) in [5, 5.41) is 8.99. The maximum absolute atomic E-state index is 10.9. The highest BCUT2D eigenvalue weighted by molar-refractivity contribution is 5.73. The summed E-state index contributed by atoms with van der Waals surface area (Å²) in [6.07, 6.45) is 2.33. The van der Waals surface area contributed by atoms with Gasteiger partial charge in [0, 0.05) is 6.07 Å². The molecule has 4 heteroatoms. The van der Waals surface area contributed by atoms with E-state index in [4.69, 9.17) is 14.6 Å². The smallest absolute Gasteiger partial charge is 0.309 e. The van der Waals surface area contributed by atoms with E-state index in [0.717, 1.165) is 24.3 Å². The summed E-state index contributed by atoms with van der Waals surface area (Å²) in [6, 6.07) is 7.45. The highest BCUT2D eigenvalue weighted by atomic mass is 16.5. The lowest BCUT2D eigenvalue weighted by Crippen LogP contribution is -2.23. The molecular weight excluding hydrogens is 244 g/mol. The zero-order valence-corrected chi connectivity index (χ0v) is 11.8. The van der Waals surface area contributed by atoms with Gasteiger partial charge in [0.1, 0.15) is 11.5 Å². The van der Waals surface area contributed by atoms with E-state index in [1.807, 2.05) is 24.3 Å². The van der Waals surface area contributed by atoms with E-state index in [1.54, 1.807) is 21.0 Å². The Morgan fingerprint density at radius 2 is 1.95 bits per heavy atom. The second kappa shape index (κ2) is 7.02. The Labute approximate surface area is 114 Å². The minimum absolute atomic E-state index is 0.586. The van der Waals surface area contributed by atoms with Gasteiger partial charge in [-0.15, -0.1) is 0 Å². The standard InChI is InChI=1S/C15H22O4/c1-15(2,14(16)17)9-4-5-10-19-13-8-6-7-12(11-13)18-3/h6-8,11H,4-5,9-10H2,1-3H3,(H,16,17). The van der Waals surface area contributed by atoms with Crippen LogP contribution in [0.4, 0.5) is 0 Å². The average molecular weight is 266 g/mol. The van der Waals surface area contributed by atoms with Crippen molar-refractivity contribution in [2.24, 2.45) is 5.41 Å². The number of benzene rings is 1. The summed E-state index contributed by atoms with van der Waals surface area (Å²) < 4.78 is 10.7. The SMILES string of the molecule is COc1cccc(OCCCCC(C)(C)C(=O)O)c1. The summed E-state index contributed by atoms with van der Waals surface area (Å²) in [5.74, 6) is 0.794. The van der Waals surface area contributed by atoms with Crippen molar-refractivity contribution in [2.75, 3.05) is 13.7 Å². The first-order valence-corrected chi connectivity index (χ1v) is 6.46. The van der Waals surface area contributed by atoms with Crippen molar-refractivity contribution in [1.82, 2.24) is 0 Å². The van der Waals surface area contributed by atoms with E-state index in [-0.39, 0.29) is 0 Å². The molecule has 0 spiro atoms. The molecule has 1 aromatic carbocycles. The fourth-order valence-corrected chi connectivity index (χ4v) is 1.66. The van der Waals surface area contributed by atoms with Crippen LogP contribution in [0.2, 0.25) is 0 Å². The molecule has 0 aliphatic rings. The molecule has 0 aliphatic heterocycles. The lowest BCUT2D eigenvalue weighted by molar-refractivity contribution is -0.147. The van der Waals surface area contributed by atoms with Gasteiger partial charge < -0.3 is 14.6 Å². The third-order valence-corrected chi connectivity index (χ3v) is 3.09. The van der Waals surface area contributed by atoms with Gasteiger partial charge in [-0.2, -0.15) is 0 Å². The summed E-state index contributed by atoms with van der Waals surface area (Å²) in [5.41, 5.74) is -0.657. The fraction of sp³-hybridized carbons (Fsp3) is 0.533. The third-order valence-electron chi connectivity index (χ3n) is 3.09. The summed E-state index contributed by atoms with van der Waals surface area (Å²) in [7, 11) is 1.62. The number of rotatable bonds is 8. The van der Waals surface area contributed by atoms with Crippen LogP contribution in [0, 0.1) is 5.41 Å². The molecule has 0 amide bonds. The third kappa shape index (κ3) is 5.20. The van der Waals surface area contributed by atoms with Crippen LogP contribution in [-0.4, -0.2) is 24.8 Å². The molecule has 0 saturated carbocycles. The topological polar surface area (TPSA) is 55.8 Å². The lowest BCUT2D eigenvalue weighted by Gasteiger charge is -2.18. The molecule has 4 nitrogen and oxygen atoms in total. The van der Waals surface area contributed by atoms with Crippen molar-refractivity contribution in [2.45, 2.75) is 33.1 Å². The van der Waals surface area contributed by atoms with Crippen LogP contribution in [0.3, 0.4) is 0 Å². The Hall–Kier alpha value is -1.71. The number of hydrogen-bond donors (Lipinski definition) is 1. The first-order valence-electron chi connectivity index (χ1n) is 6.46. The first-order chi connectivity index (χ1) is 8.95. The number of unbranched alkanes of at least 4 members (excludes halogenated alkanes) is 1. The molecule has 19 heavy (non-hydrogen) atoms. The van der Waals surface area contributed by atoms with Crippen LogP contribution in [0.15, 0.2) is 24.3 Å². The van der Waals surface area contributed by atoms with E-state index >= 15 is 0 Å². The Balaban J connectivity index is 2.26. The molecule has 0 bridgehead atoms. The molecular formula is C15H22O4. The second-order valence-electron chi connectivity index (χ2n) is 5.17. The van der Waals surface area contributed by atoms with E-state index < -0.39 is 11.4 Å². The predicted octanol–water partition coefficient (Wildman–Crippen LogP) is 3.36. The first kappa shape index (κ1) is 15.3. The Bertz CT molecular complexity index is 412. The molecule has 0 radical (unpaired) electrons. The molecule has 0 aliphatic carbocycles. The Morgan fingerprint density at radius 3 is 2.58 bits per heavy atom. The highest BCUT2D eigenvalue weighted by Crippen LogP contribution is 2.24. The molecule has 1 aromatic rings. The second-order valence-corrected chi connectivity index (χ2v) is 5.17. The van der Waals surface area contributed by atoms with Gasteiger partial charge in [0.05, 0.1) is 19.1 Å². The van der Waals surface area contributed by atoms with Gasteiger partial charge in [-0.3, -0.25) is 4.79 Å². The van der Waals surface area contributed by atoms with Gasteiger partial charge in [0.2, 0.25) is 0 Å². The Kier molecular flexibility index (Phi) is 5.67. The summed E-state index contributed by atoms with van der Waals surface area (Å²) in [4.78, 5) is 10.9. The predicted molar refractivity (Wildman–Crippen MR) is 73.8 cm³/mol. The number of carbonyl (C=O) groups is 1. The molecule has 0 unspecified atom stereocenters.